The van der Waals surface area contributed by atoms with Crippen molar-refractivity contribution in [3.05, 3.63) is 48.6 Å². The summed E-state index contributed by atoms with van der Waals surface area (Å²) in [6, 6.07) is 0. The highest BCUT2D eigenvalue weighted by atomic mass is 31.2. The van der Waals surface area contributed by atoms with Crippen molar-refractivity contribution in [2.75, 3.05) is 26.4 Å². The van der Waals surface area contributed by atoms with Gasteiger partial charge in [-0.25, -0.2) is 4.57 Å². The average molecular weight is 785 g/mol. The molecular formula is C43H77O10P. The van der Waals surface area contributed by atoms with Gasteiger partial charge in [0.05, 0.1) is 19.8 Å². The zero-order valence-corrected chi connectivity index (χ0v) is 34.8. The van der Waals surface area contributed by atoms with Crippen LogP contribution in [0.2, 0.25) is 0 Å². The molecule has 0 aliphatic carbocycles. The third-order valence-corrected chi connectivity index (χ3v) is 9.67. The van der Waals surface area contributed by atoms with E-state index in [0.29, 0.717) is 12.8 Å². The lowest BCUT2D eigenvalue weighted by atomic mass is 10.0. The van der Waals surface area contributed by atoms with Crippen LogP contribution in [-0.4, -0.2) is 65.7 Å². The van der Waals surface area contributed by atoms with Gasteiger partial charge in [0.2, 0.25) is 0 Å². The van der Waals surface area contributed by atoms with E-state index in [-0.39, 0.29) is 19.4 Å². The first kappa shape index (κ1) is 51.9. The molecule has 0 aromatic rings. The number of rotatable bonds is 39. The molecule has 0 heterocycles. The molecule has 0 saturated carbocycles. The van der Waals surface area contributed by atoms with E-state index in [1.165, 1.54) is 70.6 Å². The van der Waals surface area contributed by atoms with Gasteiger partial charge in [-0.2, -0.15) is 0 Å². The summed E-state index contributed by atoms with van der Waals surface area (Å²) in [5.41, 5.74) is 0. The summed E-state index contributed by atoms with van der Waals surface area (Å²) in [5, 5.41) is 18.3. The topological polar surface area (TPSA) is 149 Å². The number of allylic oxidation sites excluding steroid dienone is 8. The second-order valence-electron chi connectivity index (χ2n) is 14.0. The molecule has 0 radical (unpaired) electrons. The van der Waals surface area contributed by atoms with Crippen molar-refractivity contribution in [2.45, 2.75) is 187 Å². The number of unbranched alkanes of at least 4 members (excludes halogenated alkanes) is 17. The van der Waals surface area contributed by atoms with E-state index >= 15 is 0 Å². The Balaban J connectivity index is 4.38. The van der Waals surface area contributed by atoms with E-state index < -0.39 is 51.8 Å². The van der Waals surface area contributed by atoms with E-state index in [1.807, 2.05) is 0 Å². The van der Waals surface area contributed by atoms with Crippen molar-refractivity contribution in [3.8, 4) is 0 Å². The molecule has 1 unspecified atom stereocenters. The summed E-state index contributed by atoms with van der Waals surface area (Å²) in [7, 11) is -4.62. The summed E-state index contributed by atoms with van der Waals surface area (Å²) in [5.74, 6) is -0.960. The fourth-order valence-corrected chi connectivity index (χ4v) is 6.24. The van der Waals surface area contributed by atoms with Gasteiger partial charge in [-0.1, -0.05) is 159 Å². The largest absolute Gasteiger partial charge is 0.472 e. The van der Waals surface area contributed by atoms with Gasteiger partial charge >= 0.3 is 19.8 Å². The Kier molecular flexibility index (Phi) is 37.7. The van der Waals surface area contributed by atoms with Crippen LogP contribution in [0.1, 0.15) is 174 Å². The van der Waals surface area contributed by atoms with Crippen molar-refractivity contribution >= 4 is 19.8 Å². The van der Waals surface area contributed by atoms with Gasteiger partial charge in [0.1, 0.15) is 12.7 Å². The first-order valence-corrected chi connectivity index (χ1v) is 22.6. The highest BCUT2D eigenvalue weighted by Gasteiger charge is 2.27. The van der Waals surface area contributed by atoms with Crippen LogP contribution in [0.15, 0.2) is 48.6 Å². The average Bonchev–Trinajstić information content (AvgIpc) is 3.16. The Bertz CT molecular complexity index is 1040. The van der Waals surface area contributed by atoms with Gasteiger partial charge in [-0.15, -0.1) is 0 Å². The highest BCUT2D eigenvalue weighted by molar-refractivity contribution is 7.47. The first-order chi connectivity index (χ1) is 26.2. The number of phosphoric acid groups is 1. The van der Waals surface area contributed by atoms with E-state index in [4.69, 9.17) is 19.1 Å². The smallest absolute Gasteiger partial charge is 0.462 e. The van der Waals surface area contributed by atoms with Crippen molar-refractivity contribution in [2.24, 2.45) is 0 Å². The Hall–Kier alpha value is -2.07. The fourth-order valence-electron chi connectivity index (χ4n) is 5.45. The quantitative estimate of drug-likeness (QED) is 0.0238. The number of ether oxygens (including phenoxy) is 2. The zero-order chi connectivity index (χ0) is 39.8. The van der Waals surface area contributed by atoms with E-state index in [1.54, 1.807) is 0 Å². The van der Waals surface area contributed by atoms with E-state index in [9.17, 15) is 24.2 Å². The van der Waals surface area contributed by atoms with Gasteiger partial charge < -0.3 is 24.6 Å². The molecule has 0 saturated heterocycles. The van der Waals surface area contributed by atoms with Crippen LogP contribution in [0.3, 0.4) is 0 Å². The molecule has 0 fully saturated rings. The fraction of sp³-hybridized carbons (Fsp3) is 0.767. The number of hydrogen-bond acceptors (Lipinski definition) is 9. The summed E-state index contributed by atoms with van der Waals surface area (Å²) in [4.78, 5) is 34.9. The summed E-state index contributed by atoms with van der Waals surface area (Å²) in [6.45, 7) is 2.27. The molecule has 314 valence electrons. The maximum Gasteiger partial charge on any atom is 0.472 e. The monoisotopic (exact) mass is 785 g/mol. The SMILES string of the molecule is CCC/C=C/C/C=C/C/C=C/C/C=C/CCCCCC(=O)O[C@H](COC(=O)CCCCCCCCCCCCCCCC)COP(=O)(O)OC[C@@H](O)CO. The standard InChI is InChI=1S/C43H77O10P/c1-3-5-7-9-11-13-15-17-19-20-21-23-25-27-29-31-33-35-43(47)53-41(39-52-54(48,49)51-37-40(45)36-44)38-50-42(46)34-32-30-28-26-24-22-18-16-14-12-10-8-6-4-2/h7,9,13,15,19-20,23,25,40-41,44-45H,3-6,8,10-12,14,16-18,21-22,24,26-39H2,1-2H3,(H,48,49)/b9-7+,15-13+,20-19+,25-23+/t40-,41+/m0/s1. The number of esters is 2. The van der Waals surface area contributed by atoms with Gasteiger partial charge in [0, 0.05) is 12.8 Å². The molecule has 0 aliphatic heterocycles. The van der Waals surface area contributed by atoms with Crippen molar-refractivity contribution in [3.63, 3.8) is 0 Å². The molecule has 0 amide bonds. The van der Waals surface area contributed by atoms with Gasteiger partial charge in [-0.3, -0.25) is 18.6 Å². The molecule has 0 aromatic carbocycles. The lowest BCUT2D eigenvalue weighted by Gasteiger charge is -2.20. The maximum atomic E-state index is 12.6. The van der Waals surface area contributed by atoms with Crippen LogP contribution < -0.4 is 0 Å². The molecule has 11 heteroatoms. The molecular weight excluding hydrogens is 707 g/mol. The number of hydrogen-bond donors (Lipinski definition) is 3. The number of phosphoric ester groups is 1. The van der Waals surface area contributed by atoms with Gasteiger partial charge in [-0.05, 0) is 51.4 Å². The van der Waals surface area contributed by atoms with E-state index in [2.05, 4.69) is 67.0 Å². The van der Waals surface area contributed by atoms with Crippen LogP contribution in [0.25, 0.3) is 0 Å². The molecule has 0 aliphatic rings. The summed E-state index contributed by atoms with van der Waals surface area (Å²) < 4.78 is 32.6. The maximum absolute atomic E-state index is 12.6. The molecule has 10 nitrogen and oxygen atoms in total. The van der Waals surface area contributed by atoms with Crippen molar-refractivity contribution < 1.29 is 47.8 Å². The molecule has 0 aromatic heterocycles. The summed E-state index contributed by atoms with van der Waals surface area (Å²) in [6.07, 6.45) is 40.7. The minimum atomic E-state index is -4.62. The van der Waals surface area contributed by atoms with Gasteiger partial charge in [0.15, 0.2) is 6.10 Å². The number of aliphatic hydroxyl groups excluding tert-OH is 2. The number of carbonyl (C=O) groups is 2. The van der Waals surface area contributed by atoms with E-state index in [0.717, 1.165) is 64.2 Å². The van der Waals surface area contributed by atoms with Gasteiger partial charge in [0.25, 0.3) is 0 Å². The third kappa shape index (κ3) is 38.2. The molecule has 3 atom stereocenters. The second-order valence-corrected chi connectivity index (χ2v) is 15.5. The molecule has 0 bridgehead atoms. The summed E-state index contributed by atoms with van der Waals surface area (Å²) >= 11 is 0. The predicted octanol–water partition coefficient (Wildman–Crippen LogP) is 10.9. The Morgan fingerprint density at radius 2 is 1.00 bits per heavy atom. The minimum absolute atomic E-state index is 0.147. The normalized spacial score (nSPS) is 14.4. The lowest BCUT2D eigenvalue weighted by molar-refractivity contribution is -0.161. The third-order valence-electron chi connectivity index (χ3n) is 8.72. The molecule has 0 rings (SSSR count). The Morgan fingerprint density at radius 3 is 1.52 bits per heavy atom. The highest BCUT2D eigenvalue weighted by Crippen LogP contribution is 2.43. The zero-order valence-electron chi connectivity index (χ0n) is 33.9. The first-order valence-electron chi connectivity index (χ1n) is 21.1. The number of carbonyl (C=O) groups excluding carboxylic acids is 2. The lowest BCUT2D eigenvalue weighted by Crippen LogP contribution is -2.29. The molecule has 54 heavy (non-hydrogen) atoms. The van der Waals surface area contributed by atoms with Crippen molar-refractivity contribution in [1.82, 2.24) is 0 Å². The minimum Gasteiger partial charge on any atom is -0.462 e. The van der Waals surface area contributed by atoms with Crippen LogP contribution >= 0.6 is 7.82 Å². The van der Waals surface area contributed by atoms with Crippen LogP contribution in [0, 0.1) is 0 Å². The second kappa shape index (κ2) is 39.2. The van der Waals surface area contributed by atoms with Crippen LogP contribution in [-0.2, 0) is 32.7 Å². The number of aliphatic hydroxyl groups is 2. The Morgan fingerprint density at radius 1 is 0.556 bits per heavy atom. The van der Waals surface area contributed by atoms with Crippen molar-refractivity contribution in [1.29, 1.82) is 0 Å². The molecule has 0 spiro atoms. The van der Waals surface area contributed by atoms with Crippen LogP contribution in [0.5, 0.6) is 0 Å². The molecule has 3 N–H and O–H groups in total. The predicted molar refractivity (Wildman–Crippen MR) is 219 cm³/mol. The van der Waals surface area contributed by atoms with Crippen LogP contribution in [0.4, 0.5) is 0 Å². The Labute approximate surface area is 328 Å².